The van der Waals surface area contributed by atoms with Gasteiger partial charge < -0.3 is 9.32 Å². The quantitative estimate of drug-likeness (QED) is 0.175. The minimum Gasteiger partial charge on any atom is -0.454 e. The van der Waals surface area contributed by atoms with Gasteiger partial charge in [-0.25, -0.2) is 0 Å². The Kier molecular flexibility index (Phi) is 6.53. The SMILES string of the molecule is c1ccc(-c2cc3ccccc3c3ccccc23)c(-c2ccc(N(c3ccc4ccccc4c3)c3cccc4c3oc3ccccc34)cc2)c1. The number of anilines is 3. The summed E-state index contributed by atoms with van der Waals surface area (Å²) in [4.78, 5) is 2.32. The van der Waals surface area contributed by atoms with Crippen LogP contribution in [0.2, 0.25) is 0 Å². The van der Waals surface area contributed by atoms with E-state index >= 15 is 0 Å². The molecule has 0 amide bonds. The topological polar surface area (TPSA) is 16.4 Å². The van der Waals surface area contributed by atoms with Gasteiger partial charge in [0.25, 0.3) is 0 Å². The van der Waals surface area contributed by atoms with Crippen LogP contribution in [0.15, 0.2) is 192 Å². The predicted molar refractivity (Wildman–Crippen MR) is 212 cm³/mol. The van der Waals surface area contributed by atoms with E-state index in [4.69, 9.17) is 4.42 Å². The molecule has 0 unspecified atom stereocenters. The van der Waals surface area contributed by atoms with E-state index in [1.165, 1.54) is 54.6 Å². The third-order valence-corrected chi connectivity index (χ3v) is 10.0. The second-order valence-corrected chi connectivity index (χ2v) is 12.9. The molecule has 0 bridgehead atoms. The average molecular weight is 638 g/mol. The lowest BCUT2D eigenvalue weighted by molar-refractivity contribution is 0.669. The number of benzene rings is 9. The molecule has 2 heteroatoms. The second-order valence-electron chi connectivity index (χ2n) is 12.9. The van der Waals surface area contributed by atoms with Gasteiger partial charge in [-0.15, -0.1) is 0 Å². The molecule has 0 atom stereocenters. The molecule has 0 saturated carbocycles. The molecule has 0 saturated heterocycles. The largest absolute Gasteiger partial charge is 0.454 e. The van der Waals surface area contributed by atoms with Crippen molar-refractivity contribution in [3.63, 3.8) is 0 Å². The number of para-hydroxylation sites is 2. The minimum absolute atomic E-state index is 0.875. The number of rotatable bonds is 5. The maximum absolute atomic E-state index is 6.58. The number of furan rings is 1. The number of hydrogen-bond donors (Lipinski definition) is 0. The Balaban J connectivity index is 1.14. The maximum atomic E-state index is 6.58. The van der Waals surface area contributed by atoms with Crippen LogP contribution < -0.4 is 4.90 Å². The Morgan fingerprint density at radius 1 is 0.340 bits per heavy atom. The van der Waals surface area contributed by atoms with Crippen LogP contribution in [0.25, 0.3) is 76.5 Å². The lowest BCUT2D eigenvalue weighted by atomic mass is 9.89. The van der Waals surface area contributed by atoms with Gasteiger partial charge >= 0.3 is 0 Å². The summed E-state index contributed by atoms with van der Waals surface area (Å²) in [7, 11) is 0. The van der Waals surface area contributed by atoms with Crippen molar-refractivity contribution >= 4 is 71.3 Å². The summed E-state index contributed by atoms with van der Waals surface area (Å²) in [6.45, 7) is 0. The van der Waals surface area contributed by atoms with Crippen LogP contribution in [0.4, 0.5) is 17.1 Å². The van der Waals surface area contributed by atoms with Gasteiger partial charge in [-0.1, -0.05) is 146 Å². The van der Waals surface area contributed by atoms with E-state index in [1.807, 2.05) is 12.1 Å². The van der Waals surface area contributed by atoms with Crippen LogP contribution in [0.5, 0.6) is 0 Å². The van der Waals surface area contributed by atoms with E-state index in [0.29, 0.717) is 0 Å². The first kappa shape index (κ1) is 28.4. The Morgan fingerprint density at radius 2 is 0.960 bits per heavy atom. The van der Waals surface area contributed by atoms with Gasteiger partial charge in [0.15, 0.2) is 5.58 Å². The lowest BCUT2D eigenvalue weighted by Gasteiger charge is -2.26. The summed E-state index contributed by atoms with van der Waals surface area (Å²) in [5, 5.41) is 9.70. The molecule has 0 radical (unpaired) electrons. The maximum Gasteiger partial charge on any atom is 0.159 e. The zero-order valence-corrected chi connectivity index (χ0v) is 27.3. The van der Waals surface area contributed by atoms with Crippen molar-refractivity contribution in [1.82, 2.24) is 0 Å². The highest BCUT2D eigenvalue weighted by Gasteiger charge is 2.20. The summed E-state index contributed by atoms with van der Waals surface area (Å²) in [6.07, 6.45) is 0. The highest BCUT2D eigenvalue weighted by molar-refractivity contribution is 6.15. The van der Waals surface area contributed by atoms with Crippen molar-refractivity contribution in [2.24, 2.45) is 0 Å². The van der Waals surface area contributed by atoms with Crippen LogP contribution >= 0.6 is 0 Å². The van der Waals surface area contributed by atoms with E-state index in [2.05, 4.69) is 181 Å². The Morgan fingerprint density at radius 3 is 1.80 bits per heavy atom. The molecule has 0 fully saturated rings. The third kappa shape index (κ3) is 4.57. The first-order valence-electron chi connectivity index (χ1n) is 17.1. The van der Waals surface area contributed by atoms with Crippen molar-refractivity contribution in [1.29, 1.82) is 0 Å². The summed E-state index contributed by atoms with van der Waals surface area (Å²) in [6, 6.07) is 67.5. The molecule has 1 aromatic heterocycles. The molecule has 2 nitrogen and oxygen atoms in total. The normalized spacial score (nSPS) is 11.6. The zero-order chi connectivity index (χ0) is 33.0. The molecule has 0 aliphatic rings. The molecule has 0 spiro atoms. The molecule has 50 heavy (non-hydrogen) atoms. The van der Waals surface area contributed by atoms with Gasteiger partial charge in [0.2, 0.25) is 0 Å². The standard InChI is InChI=1S/C48H31NO/c1-2-13-34-30-37(29-24-32(34)12-1)49(46-22-11-21-44-43-20-9-10-23-47(43)50-48(44)46)36-27-25-33(26-28-36)38-15-5-6-18-41(38)45-31-35-14-3-4-16-39(35)40-17-7-8-19-42(40)45/h1-31H. The van der Waals surface area contributed by atoms with Crippen LogP contribution in [0.1, 0.15) is 0 Å². The van der Waals surface area contributed by atoms with E-state index < -0.39 is 0 Å². The summed E-state index contributed by atoms with van der Waals surface area (Å²) in [5.41, 5.74) is 9.75. The third-order valence-electron chi connectivity index (χ3n) is 10.0. The summed E-state index contributed by atoms with van der Waals surface area (Å²) in [5.74, 6) is 0. The van der Waals surface area contributed by atoms with E-state index in [0.717, 1.165) is 39.0 Å². The molecule has 0 aliphatic carbocycles. The smallest absolute Gasteiger partial charge is 0.159 e. The number of hydrogen-bond acceptors (Lipinski definition) is 2. The highest BCUT2D eigenvalue weighted by Crippen LogP contribution is 2.44. The summed E-state index contributed by atoms with van der Waals surface area (Å²) < 4.78 is 6.58. The number of fused-ring (bicyclic) bond motifs is 7. The highest BCUT2D eigenvalue weighted by atomic mass is 16.3. The van der Waals surface area contributed by atoms with E-state index in [9.17, 15) is 0 Å². The monoisotopic (exact) mass is 637 g/mol. The van der Waals surface area contributed by atoms with Crippen LogP contribution in [-0.4, -0.2) is 0 Å². The second kappa shape index (κ2) is 11.5. The fraction of sp³-hybridized carbons (Fsp3) is 0. The van der Waals surface area contributed by atoms with Crippen molar-refractivity contribution in [2.75, 3.05) is 4.90 Å². The van der Waals surface area contributed by atoms with Crippen molar-refractivity contribution in [3.05, 3.63) is 188 Å². The fourth-order valence-corrected chi connectivity index (χ4v) is 7.69. The van der Waals surface area contributed by atoms with Gasteiger partial charge in [0, 0.05) is 22.1 Å². The Bertz CT molecular complexity index is 2880. The molecule has 9 aromatic carbocycles. The average Bonchev–Trinajstić information content (AvgIpc) is 3.58. The molecule has 234 valence electrons. The van der Waals surface area contributed by atoms with Gasteiger partial charge in [0.1, 0.15) is 5.58 Å². The van der Waals surface area contributed by atoms with Crippen LogP contribution in [0.3, 0.4) is 0 Å². The molecule has 10 aromatic rings. The fourth-order valence-electron chi connectivity index (χ4n) is 7.69. The van der Waals surface area contributed by atoms with Crippen LogP contribution in [-0.2, 0) is 0 Å². The van der Waals surface area contributed by atoms with Gasteiger partial charge in [0.05, 0.1) is 5.69 Å². The molecule has 1 heterocycles. The van der Waals surface area contributed by atoms with Crippen molar-refractivity contribution in [2.45, 2.75) is 0 Å². The van der Waals surface area contributed by atoms with Crippen LogP contribution in [0, 0.1) is 0 Å². The molecular weight excluding hydrogens is 607 g/mol. The zero-order valence-electron chi connectivity index (χ0n) is 27.3. The molecule has 10 rings (SSSR count). The number of nitrogens with zero attached hydrogens (tertiary/aromatic N) is 1. The lowest BCUT2D eigenvalue weighted by Crippen LogP contribution is -2.10. The first-order chi connectivity index (χ1) is 24.8. The van der Waals surface area contributed by atoms with Gasteiger partial charge in [-0.2, -0.15) is 0 Å². The Hall–Kier alpha value is -6.64. The van der Waals surface area contributed by atoms with Crippen molar-refractivity contribution in [3.8, 4) is 22.3 Å². The summed E-state index contributed by atoms with van der Waals surface area (Å²) >= 11 is 0. The molecule has 0 N–H and O–H groups in total. The predicted octanol–water partition coefficient (Wildman–Crippen LogP) is 13.8. The van der Waals surface area contributed by atoms with E-state index in [-0.39, 0.29) is 0 Å². The first-order valence-corrected chi connectivity index (χ1v) is 17.1. The minimum atomic E-state index is 0.875. The molecule has 0 aliphatic heterocycles. The Labute approximate surface area is 290 Å². The van der Waals surface area contributed by atoms with Gasteiger partial charge in [-0.3, -0.25) is 0 Å². The van der Waals surface area contributed by atoms with E-state index in [1.54, 1.807) is 0 Å². The van der Waals surface area contributed by atoms with Gasteiger partial charge in [-0.05, 0) is 97.0 Å². The van der Waals surface area contributed by atoms with Crippen molar-refractivity contribution < 1.29 is 4.42 Å². The molecular formula is C48H31NO.